The Bertz CT molecular complexity index is 355. The summed E-state index contributed by atoms with van der Waals surface area (Å²) >= 11 is 0. The number of nitrogens with one attached hydrogen (secondary N) is 3. The molecule has 0 unspecified atom stereocenters. The van der Waals surface area contributed by atoms with Crippen LogP contribution >= 0.6 is 0 Å². The molecule has 1 amide bonds. The number of rotatable bonds is 6. The van der Waals surface area contributed by atoms with Crippen LogP contribution in [0.3, 0.4) is 0 Å². The van der Waals surface area contributed by atoms with Gasteiger partial charge in [-0.3, -0.25) is 4.79 Å². The summed E-state index contributed by atoms with van der Waals surface area (Å²) in [5.41, 5.74) is 1.11. The van der Waals surface area contributed by atoms with Crippen molar-refractivity contribution in [1.29, 1.82) is 0 Å². The summed E-state index contributed by atoms with van der Waals surface area (Å²) in [5.74, 6) is 0.216. The largest absolute Gasteiger partial charge is 0.367 e. The predicted octanol–water partition coefficient (Wildman–Crippen LogP) is 1.06. The Morgan fingerprint density at radius 2 is 2.35 bits per heavy atom. The van der Waals surface area contributed by atoms with Crippen LogP contribution in [0.25, 0.3) is 0 Å². The van der Waals surface area contributed by atoms with E-state index in [0.717, 1.165) is 32.4 Å². The van der Waals surface area contributed by atoms with Crippen molar-refractivity contribution in [2.45, 2.75) is 25.7 Å². The summed E-state index contributed by atoms with van der Waals surface area (Å²) in [5, 5.41) is 6.19. The Balaban J connectivity index is 1.76. The van der Waals surface area contributed by atoms with Gasteiger partial charge < -0.3 is 15.6 Å². The summed E-state index contributed by atoms with van der Waals surface area (Å²) < 4.78 is 0. The molecule has 1 aliphatic carbocycles. The van der Waals surface area contributed by atoms with Gasteiger partial charge in [0.25, 0.3) is 0 Å². The van der Waals surface area contributed by atoms with Crippen LogP contribution in [0, 0.1) is 5.41 Å². The summed E-state index contributed by atoms with van der Waals surface area (Å²) in [6.45, 7) is 1.52. The maximum atomic E-state index is 12.1. The Hall–Kier alpha value is -1.29. The molecule has 0 saturated heterocycles. The van der Waals surface area contributed by atoms with Crippen molar-refractivity contribution in [2.24, 2.45) is 5.41 Å². The number of hydrogen-bond acceptors (Lipinski definition) is 2. The van der Waals surface area contributed by atoms with Crippen LogP contribution in [-0.2, 0) is 11.2 Å². The van der Waals surface area contributed by atoms with Gasteiger partial charge in [0, 0.05) is 25.5 Å². The molecule has 0 aliphatic heterocycles. The van der Waals surface area contributed by atoms with Gasteiger partial charge in [-0.25, -0.2) is 0 Å². The lowest BCUT2D eigenvalue weighted by atomic mass is 9.68. The fraction of sp³-hybridized carbons (Fsp3) is 0.615. The highest BCUT2D eigenvalue weighted by Crippen LogP contribution is 2.40. The Morgan fingerprint density at radius 3 is 2.88 bits per heavy atom. The minimum atomic E-state index is -0.132. The Labute approximate surface area is 102 Å². The second-order valence-corrected chi connectivity index (χ2v) is 4.89. The summed E-state index contributed by atoms with van der Waals surface area (Å²) in [6.07, 6.45) is 7.98. The zero-order chi connectivity index (χ0) is 12.1. The van der Waals surface area contributed by atoms with Crippen LogP contribution in [0.15, 0.2) is 18.5 Å². The van der Waals surface area contributed by atoms with E-state index >= 15 is 0 Å². The van der Waals surface area contributed by atoms with Gasteiger partial charge in [-0.1, -0.05) is 6.42 Å². The third-order valence-electron chi connectivity index (χ3n) is 3.67. The average Bonchev–Trinajstić information content (AvgIpc) is 2.76. The Morgan fingerprint density at radius 1 is 1.53 bits per heavy atom. The molecule has 94 valence electrons. The minimum Gasteiger partial charge on any atom is -0.367 e. The van der Waals surface area contributed by atoms with Gasteiger partial charge in [-0.05, 0) is 37.9 Å². The zero-order valence-corrected chi connectivity index (χ0v) is 10.4. The third kappa shape index (κ3) is 2.69. The van der Waals surface area contributed by atoms with Gasteiger partial charge in [0.05, 0.1) is 5.41 Å². The lowest BCUT2D eigenvalue weighted by Gasteiger charge is -2.40. The molecule has 1 heterocycles. The van der Waals surface area contributed by atoms with Crippen LogP contribution in [-0.4, -0.2) is 31.0 Å². The van der Waals surface area contributed by atoms with Crippen LogP contribution in [0.2, 0.25) is 0 Å². The number of carbonyl (C=O) groups is 1. The molecule has 0 spiro atoms. The normalized spacial score (nSPS) is 17.5. The van der Waals surface area contributed by atoms with Gasteiger partial charge in [0.1, 0.15) is 0 Å². The molecule has 1 aromatic heterocycles. The third-order valence-corrected chi connectivity index (χ3v) is 3.67. The maximum absolute atomic E-state index is 12.1. The van der Waals surface area contributed by atoms with E-state index < -0.39 is 0 Å². The summed E-state index contributed by atoms with van der Waals surface area (Å²) in [7, 11) is 1.91. The predicted molar refractivity (Wildman–Crippen MR) is 67.7 cm³/mol. The topological polar surface area (TPSA) is 56.9 Å². The highest BCUT2D eigenvalue weighted by Gasteiger charge is 2.43. The fourth-order valence-corrected chi connectivity index (χ4v) is 2.45. The quantitative estimate of drug-likeness (QED) is 0.690. The van der Waals surface area contributed by atoms with Crippen LogP contribution in [0.5, 0.6) is 0 Å². The first-order chi connectivity index (χ1) is 8.27. The van der Waals surface area contributed by atoms with E-state index in [9.17, 15) is 4.79 Å². The lowest BCUT2D eigenvalue weighted by molar-refractivity contribution is -0.135. The molecule has 4 nitrogen and oxygen atoms in total. The molecule has 2 rings (SSSR count). The van der Waals surface area contributed by atoms with Gasteiger partial charge in [-0.15, -0.1) is 0 Å². The van der Waals surface area contributed by atoms with Crippen molar-refractivity contribution >= 4 is 5.91 Å². The number of H-pyrrole nitrogens is 1. The van der Waals surface area contributed by atoms with Crippen molar-refractivity contribution in [2.75, 3.05) is 20.1 Å². The molecule has 3 N–H and O–H groups in total. The number of hydrogen-bond donors (Lipinski definition) is 3. The molecular weight excluding hydrogens is 214 g/mol. The molecule has 0 atom stereocenters. The van der Waals surface area contributed by atoms with E-state index in [1.807, 2.05) is 25.5 Å². The SMILES string of the molecule is CNCC1(C(=O)NCCc2cc[nH]c2)CCC1. The van der Waals surface area contributed by atoms with Crippen LogP contribution in [0.1, 0.15) is 24.8 Å². The highest BCUT2D eigenvalue weighted by atomic mass is 16.2. The molecule has 0 bridgehead atoms. The molecule has 17 heavy (non-hydrogen) atoms. The number of aromatic amines is 1. The van der Waals surface area contributed by atoms with Gasteiger partial charge in [0.2, 0.25) is 5.91 Å². The molecule has 1 aromatic rings. The van der Waals surface area contributed by atoms with Crippen molar-refractivity contribution in [3.05, 3.63) is 24.0 Å². The van der Waals surface area contributed by atoms with E-state index in [1.165, 1.54) is 12.0 Å². The van der Waals surface area contributed by atoms with E-state index in [1.54, 1.807) is 0 Å². The molecule has 1 fully saturated rings. The summed E-state index contributed by atoms with van der Waals surface area (Å²) in [6, 6.07) is 2.04. The molecule has 0 aromatic carbocycles. The second kappa shape index (κ2) is 5.36. The zero-order valence-electron chi connectivity index (χ0n) is 10.4. The molecule has 1 saturated carbocycles. The number of aromatic nitrogens is 1. The molecule has 0 radical (unpaired) electrons. The van der Waals surface area contributed by atoms with Gasteiger partial charge >= 0.3 is 0 Å². The van der Waals surface area contributed by atoms with Crippen molar-refractivity contribution in [3.8, 4) is 0 Å². The van der Waals surface area contributed by atoms with E-state index in [4.69, 9.17) is 0 Å². The maximum Gasteiger partial charge on any atom is 0.227 e. The van der Waals surface area contributed by atoms with Crippen LogP contribution < -0.4 is 10.6 Å². The number of carbonyl (C=O) groups excluding carboxylic acids is 1. The second-order valence-electron chi connectivity index (χ2n) is 4.89. The van der Waals surface area contributed by atoms with E-state index in [-0.39, 0.29) is 11.3 Å². The van der Waals surface area contributed by atoms with Gasteiger partial charge in [-0.2, -0.15) is 0 Å². The smallest absolute Gasteiger partial charge is 0.227 e. The highest BCUT2D eigenvalue weighted by molar-refractivity contribution is 5.83. The molecule has 1 aliphatic rings. The van der Waals surface area contributed by atoms with Crippen molar-refractivity contribution < 1.29 is 4.79 Å². The van der Waals surface area contributed by atoms with Crippen molar-refractivity contribution in [3.63, 3.8) is 0 Å². The first-order valence-corrected chi connectivity index (χ1v) is 6.31. The van der Waals surface area contributed by atoms with E-state index in [2.05, 4.69) is 15.6 Å². The first kappa shape index (κ1) is 12.2. The van der Waals surface area contributed by atoms with E-state index in [0.29, 0.717) is 0 Å². The molecule has 4 heteroatoms. The summed E-state index contributed by atoms with van der Waals surface area (Å²) in [4.78, 5) is 15.1. The lowest BCUT2D eigenvalue weighted by Crippen LogP contribution is -2.51. The number of amides is 1. The molecular formula is C13H21N3O. The Kier molecular flexibility index (Phi) is 3.84. The minimum absolute atomic E-state index is 0.132. The van der Waals surface area contributed by atoms with Crippen molar-refractivity contribution in [1.82, 2.24) is 15.6 Å². The first-order valence-electron chi connectivity index (χ1n) is 6.31. The monoisotopic (exact) mass is 235 g/mol. The standard InChI is InChI=1S/C13H21N3O/c1-14-10-13(5-2-6-13)12(17)16-8-4-11-3-7-15-9-11/h3,7,9,14-15H,2,4-6,8,10H2,1H3,(H,16,17). The average molecular weight is 235 g/mol. The van der Waals surface area contributed by atoms with Gasteiger partial charge in [0.15, 0.2) is 0 Å². The van der Waals surface area contributed by atoms with Crippen LogP contribution in [0.4, 0.5) is 0 Å². The fourth-order valence-electron chi connectivity index (χ4n) is 2.45.